The molecular weight excluding hydrogens is 582 g/mol. The zero-order chi connectivity index (χ0) is 28.1. The number of benzene rings is 3. The second-order valence-electron chi connectivity index (χ2n) is 9.10. The molecule has 3 aromatic carbocycles. The minimum absolute atomic E-state index is 0.128. The molecule has 1 aliphatic heterocycles. The Balaban J connectivity index is 1.54. The van der Waals surface area contributed by atoms with Crippen molar-refractivity contribution in [3.05, 3.63) is 87.4 Å². The van der Waals surface area contributed by atoms with E-state index in [9.17, 15) is 14.4 Å². The van der Waals surface area contributed by atoms with Gasteiger partial charge in [0, 0.05) is 33.4 Å². The van der Waals surface area contributed by atoms with Crippen LogP contribution in [-0.2, 0) is 9.59 Å². The third-order valence-electron chi connectivity index (χ3n) is 5.77. The fourth-order valence-electron chi connectivity index (χ4n) is 3.88. The van der Waals surface area contributed by atoms with Crippen LogP contribution in [0.1, 0.15) is 24.2 Å². The second kappa shape index (κ2) is 12.4. The van der Waals surface area contributed by atoms with Gasteiger partial charge in [-0.3, -0.25) is 19.3 Å². The molecule has 0 saturated carbocycles. The van der Waals surface area contributed by atoms with Crippen molar-refractivity contribution in [2.24, 2.45) is 5.92 Å². The van der Waals surface area contributed by atoms with Gasteiger partial charge in [0.15, 0.2) is 0 Å². The summed E-state index contributed by atoms with van der Waals surface area (Å²) in [6.45, 7) is 4.25. The van der Waals surface area contributed by atoms with Gasteiger partial charge in [0.2, 0.25) is 0 Å². The van der Waals surface area contributed by atoms with Crippen LogP contribution in [0.5, 0.6) is 11.5 Å². The lowest BCUT2D eigenvalue weighted by Crippen LogP contribution is -2.35. The molecule has 3 amide bonds. The Labute approximate surface area is 239 Å². The summed E-state index contributed by atoms with van der Waals surface area (Å²) in [5.74, 6) is 0.0914. The molecule has 0 spiro atoms. The number of halogens is 1. The topological polar surface area (TPSA) is 97.0 Å². The Morgan fingerprint density at radius 2 is 1.59 bits per heavy atom. The van der Waals surface area contributed by atoms with Gasteiger partial charge in [0.05, 0.1) is 19.8 Å². The van der Waals surface area contributed by atoms with Gasteiger partial charge < -0.3 is 20.1 Å². The van der Waals surface area contributed by atoms with Gasteiger partial charge in [0.25, 0.3) is 17.7 Å². The molecule has 1 aliphatic rings. The van der Waals surface area contributed by atoms with Gasteiger partial charge in [-0.15, -0.1) is 0 Å². The molecule has 1 heterocycles. The Morgan fingerprint density at radius 3 is 2.21 bits per heavy atom. The molecule has 3 aromatic rings. The van der Waals surface area contributed by atoms with E-state index in [-0.39, 0.29) is 29.3 Å². The first-order valence-corrected chi connectivity index (χ1v) is 13.8. The predicted octanol–water partition coefficient (Wildman–Crippen LogP) is 6.16. The van der Waals surface area contributed by atoms with Crippen LogP contribution in [-0.4, -0.2) is 43.4 Å². The number of ether oxygens (including phenoxy) is 2. The fraction of sp³-hybridized carbons (Fsp3) is 0.207. The van der Waals surface area contributed by atoms with E-state index in [4.69, 9.17) is 9.47 Å². The average Bonchev–Trinajstić information content (AvgIpc) is 3.13. The van der Waals surface area contributed by atoms with Crippen LogP contribution in [0.2, 0.25) is 0 Å². The molecule has 0 unspecified atom stereocenters. The summed E-state index contributed by atoms with van der Waals surface area (Å²) in [5.41, 5.74) is 1.88. The number of imide groups is 1. The van der Waals surface area contributed by atoms with Crippen molar-refractivity contribution in [2.45, 2.75) is 18.7 Å². The Kier molecular flexibility index (Phi) is 8.98. The zero-order valence-corrected chi connectivity index (χ0v) is 24.3. The molecule has 0 aromatic heterocycles. The summed E-state index contributed by atoms with van der Waals surface area (Å²) in [6, 6.07) is 19.4. The SMILES string of the molecule is COc1ccc(C(=O)Nc2ccc(SC3=C(Nc4ccc(Br)cc4)C(=O)N(CC(C)C)C3=O)cc2)c(OC)c1. The summed E-state index contributed by atoms with van der Waals surface area (Å²) in [7, 11) is 3.03. The maximum Gasteiger partial charge on any atom is 0.278 e. The largest absolute Gasteiger partial charge is 0.497 e. The standard InChI is InChI=1S/C29H28BrN3O5S/c1-17(2)16-33-28(35)25(31-19-7-5-18(30)6-8-19)26(29(33)36)39-22-12-9-20(10-13-22)32-27(34)23-14-11-21(37-3)15-24(23)38-4/h5-15,17,31H,16H2,1-4H3,(H,32,34). The van der Waals surface area contributed by atoms with Crippen molar-refractivity contribution in [2.75, 3.05) is 31.4 Å². The highest BCUT2D eigenvalue weighted by Crippen LogP contribution is 2.37. The van der Waals surface area contributed by atoms with E-state index in [1.165, 1.54) is 23.8 Å². The highest BCUT2D eigenvalue weighted by atomic mass is 79.9. The number of thioether (sulfide) groups is 1. The Bertz CT molecular complexity index is 1420. The van der Waals surface area contributed by atoms with E-state index in [1.54, 1.807) is 49.6 Å². The highest BCUT2D eigenvalue weighted by Gasteiger charge is 2.39. The summed E-state index contributed by atoms with van der Waals surface area (Å²) in [4.78, 5) is 41.7. The van der Waals surface area contributed by atoms with Gasteiger partial charge in [-0.25, -0.2) is 0 Å². The normalized spacial score (nSPS) is 13.2. The van der Waals surface area contributed by atoms with Gasteiger partial charge in [-0.1, -0.05) is 41.5 Å². The monoisotopic (exact) mass is 609 g/mol. The number of nitrogens with zero attached hydrogens (tertiary/aromatic N) is 1. The molecular formula is C29H28BrN3O5S. The van der Waals surface area contributed by atoms with Crippen LogP contribution in [0.15, 0.2) is 86.7 Å². The number of carbonyl (C=O) groups excluding carboxylic acids is 3. The molecule has 39 heavy (non-hydrogen) atoms. The van der Waals surface area contributed by atoms with Crippen LogP contribution >= 0.6 is 27.7 Å². The van der Waals surface area contributed by atoms with Gasteiger partial charge in [0.1, 0.15) is 22.1 Å². The van der Waals surface area contributed by atoms with Crippen molar-refractivity contribution in [1.82, 2.24) is 4.90 Å². The summed E-state index contributed by atoms with van der Waals surface area (Å²) in [6.07, 6.45) is 0. The van der Waals surface area contributed by atoms with Crippen LogP contribution < -0.4 is 20.1 Å². The van der Waals surface area contributed by atoms with E-state index in [1.807, 2.05) is 38.1 Å². The zero-order valence-electron chi connectivity index (χ0n) is 21.9. The van der Waals surface area contributed by atoms with E-state index in [0.29, 0.717) is 39.9 Å². The summed E-state index contributed by atoms with van der Waals surface area (Å²) in [5, 5.41) is 6.00. The number of rotatable bonds is 10. The van der Waals surface area contributed by atoms with Gasteiger partial charge in [-0.05, 0) is 66.6 Å². The van der Waals surface area contributed by atoms with E-state index >= 15 is 0 Å². The number of anilines is 2. The Hall–Kier alpha value is -3.76. The molecule has 2 N–H and O–H groups in total. The Morgan fingerprint density at radius 1 is 0.923 bits per heavy atom. The molecule has 8 nitrogen and oxygen atoms in total. The first kappa shape index (κ1) is 28.3. The first-order valence-electron chi connectivity index (χ1n) is 12.1. The number of carbonyl (C=O) groups is 3. The molecule has 0 radical (unpaired) electrons. The lowest BCUT2D eigenvalue weighted by atomic mass is 10.1. The van der Waals surface area contributed by atoms with Crippen LogP contribution in [0.25, 0.3) is 0 Å². The number of methoxy groups -OCH3 is 2. The smallest absolute Gasteiger partial charge is 0.278 e. The number of hydrogen-bond acceptors (Lipinski definition) is 7. The minimum Gasteiger partial charge on any atom is -0.497 e. The molecule has 4 rings (SSSR count). The number of hydrogen-bond donors (Lipinski definition) is 2. The molecule has 0 bridgehead atoms. The number of amides is 3. The predicted molar refractivity (Wildman–Crippen MR) is 156 cm³/mol. The summed E-state index contributed by atoms with van der Waals surface area (Å²) < 4.78 is 11.4. The van der Waals surface area contributed by atoms with Crippen LogP contribution in [0.4, 0.5) is 11.4 Å². The lowest BCUT2D eigenvalue weighted by Gasteiger charge is -2.17. The van der Waals surface area contributed by atoms with Gasteiger partial charge in [-0.2, -0.15) is 0 Å². The van der Waals surface area contributed by atoms with Crippen molar-refractivity contribution in [1.29, 1.82) is 0 Å². The van der Waals surface area contributed by atoms with Crippen molar-refractivity contribution in [3.63, 3.8) is 0 Å². The fourth-order valence-corrected chi connectivity index (χ4v) is 5.09. The first-order chi connectivity index (χ1) is 18.7. The van der Waals surface area contributed by atoms with Crippen LogP contribution in [0, 0.1) is 5.92 Å². The second-order valence-corrected chi connectivity index (χ2v) is 11.1. The maximum atomic E-state index is 13.3. The average molecular weight is 611 g/mol. The number of nitrogens with one attached hydrogen (secondary N) is 2. The quantitative estimate of drug-likeness (QED) is 0.266. The molecule has 0 atom stereocenters. The highest BCUT2D eigenvalue weighted by molar-refractivity contribution is 9.10. The minimum atomic E-state index is -0.351. The maximum absolute atomic E-state index is 13.3. The molecule has 10 heteroatoms. The van der Waals surface area contributed by atoms with E-state index in [0.717, 1.165) is 9.37 Å². The van der Waals surface area contributed by atoms with Crippen molar-refractivity contribution >= 4 is 56.8 Å². The molecule has 0 saturated heterocycles. The van der Waals surface area contributed by atoms with Gasteiger partial charge >= 0.3 is 0 Å². The third kappa shape index (κ3) is 6.63. The third-order valence-corrected chi connectivity index (χ3v) is 7.39. The summed E-state index contributed by atoms with van der Waals surface area (Å²) >= 11 is 4.62. The molecule has 202 valence electrons. The molecule has 0 fully saturated rings. The van der Waals surface area contributed by atoms with Crippen LogP contribution in [0.3, 0.4) is 0 Å². The lowest BCUT2D eigenvalue weighted by molar-refractivity contribution is -0.137. The van der Waals surface area contributed by atoms with Crippen molar-refractivity contribution < 1.29 is 23.9 Å². The van der Waals surface area contributed by atoms with E-state index < -0.39 is 0 Å². The van der Waals surface area contributed by atoms with Crippen molar-refractivity contribution in [3.8, 4) is 11.5 Å². The van der Waals surface area contributed by atoms with E-state index in [2.05, 4.69) is 26.6 Å². The molecule has 0 aliphatic carbocycles.